The SMILES string of the molecule is O=C1CCC(n2ccc3c([N+](=O)[O-])cccc3c2=O)C(=O)N1. The van der Waals surface area contributed by atoms with Gasteiger partial charge in [-0.3, -0.25) is 29.8 Å². The van der Waals surface area contributed by atoms with Crippen molar-refractivity contribution in [1.82, 2.24) is 9.88 Å². The average molecular weight is 301 g/mol. The van der Waals surface area contributed by atoms with Gasteiger partial charge in [0.2, 0.25) is 11.8 Å². The number of nitro benzene ring substituents is 1. The number of hydrogen-bond donors (Lipinski definition) is 1. The van der Waals surface area contributed by atoms with Gasteiger partial charge in [-0.2, -0.15) is 0 Å². The zero-order chi connectivity index (χ0) is 15.9. The highest BCUT2D eigenvalue weighted by atomic mass is 16.6. The van der Waals surface area contributed by atoms with Crippen molar-refractivity contribution in [2.24, 2.45) is 0 Å². The Morgan fingerprint density at radius 1 is 1.18 bits per heavy atom. The molecule has 2 aromatic rings. The van der Waals surface area contributed by atoms with Crippen molar-refractivity contribution >= 4 is 28.3 Å². The molecule has 0 spiro atoms. The third-order valence-corrected chi connectivity index (χ3v) is 3.69. The smallest absolute Gasteiger partial charge is 0.277 e. The lowest BCUT2D eigenvalue weighted by Gasteiger charge is -2.23. The summed E-state index contributed by atoms with van der Waals surface area (Å²) in [6.45, 7) is 0. The lowest BCUT2D eigenvalue weighted by atomic mass is 10.0. The molecule has 1 saturated heterocycles. The van der Waals surface area contributed by atoms with Crippen LogP contribution in [0.15, 0.2) is 35.3 Å². The summed E-state index contributed by atoms with van der Waals surface area (Å²) in [5.74, 6) is -0.908. The number of non-ortho nitro benzene ring substituents is 1. The van der Waals surface area contributed by atoms with E-state index < -0.39 is 22.4 Å². The Morgan fingerprint density at radius 2 is 1.95 bits per heavy atom. The van der Waals surface area contributed by atoms with E-state index in [0.717, 1.165) is 0 Å². The number of benzene rings is 1. The van der Waals surface area contributed by atoms with Crippen LogP contribution in [-0.2, 0) is 9.59 Å². The first-order valence-corrected chi connectivity index (χ1v) is 6.61. The number of carbonyl (C=O) groups is 2. The second kappa shape index (κ2) is 5.06. The lowest BCUT2D eigenvalue weighted by Crippen LogP contribution is -2.44. The second-order valence-electron chi connectivity index (χ2n) is 4.99. The van der Waals surface area contributed by atoms with Crippen LogP contribution in [0.4, 0.5) is 5.69 Å². The summed E-state index contributed by atoms with van der Waals surface area (Å²) in [6, 6.07) is 4.88. The number of carbonyl (C=O) groups excluding carboxylic acids is 2. The molecular weight excluding hydrogens is 290 g/mol. The Morgan fingerprint density at radius 3 is 2.64 bits per heavy atom. The van der Waals surface area contributed by atoms with Crippen LogP contribution in [0.5, 0.6) is 0 Å². The summed E-state index contributed by atoms with van der Waals surface area (Å²) in [6.07, 6.45) is 1.73. The molecular formula is C14H11N3O5. The predicted molar refractivity (Wildman–Crippen MR) is 76.3 cm³/mol. The van der Waals surface area contributed by atoms with Crippen LogP contribution in [0, 0.1) is 10.1 Å². The van der Waals surface area contributed by atoms with E-state index in [1.54, 1.807) is 0 Å². The van der Waals surface area contributed by atoms with Gasteiger partial charge in [-0.1, -0.05) is 6.07 Å². The van der Waals surface area contributed by atoms with Crippen molar-refractivity contribution < 1.29 is 14.5 Å². The number of amides is 2. The standard InChI is InChI=1S/C14H11N3O5/c18-12-5-4-11(13(19)15-12)16-7-6-8-9(14(16)20)2-1-3-10(8)17(21)22/h1-3,6-7,11H,4-5H2,(H,15,18,19). The number of nitrogens with one attached hydrogen (secondary N) is 1. The maximum absolute atomic E-state index is 12.5. The average Bonchev–Trinajstić information content (AvgIpc) is 2.48. The molecule has 1 aromatic heterocycles. The Bertz CT molecular complexity index is 870. The van der Waals surface area contributed by atoms with Gasteiger partial charge in [-0.05, 0) is 18.6 Å². The maximum atomic E-state index is 12.5. The monoisotopic (exact) mass is 301 g/mol. The molecule has 1 aliphatic heterocycles. The number of rotatable bonds is 2. The number of hydrogen-bond acceptors (Lipinski definition) is 5. The number of piperidine rings is 1. The summed E-state index contributed by atoms with van der Waals surface area (Å²) in [5, 5.41) is 13.6. The Hall–Kier alpha value is -3.03. The molecule has 112 valence electrons. The van der Waals surface area contributed by atoms with Crippen molar-refractivity contribution in [2.45, 2.75) is 18.9 Å². The fourth-order valence-corrected chi connectivity index (χ4v) is 2.63. The molecule has 3 rings (SSSR count). The normalized spacial score (nSPS) is 18.3. The molecule has 1 unspecified atom stereocenters. The molecule has 0 bridgehead atoms. The van der Waals surface area contributed by atoms with Gasteiger partial charge in [-0.15, -0.1) is 0 Å². The summed E-state index contributed by atoms with van der Waals surface area (Å²) in [5.41, 5.74) is -0.652. The third kappa shape index (κ3) is 2.14. The topological polar surface area (TPSA) is 111 Å². The highest BCUT2D eigenvalue weighted by Crippen LogP contribution is 2.24. The van der Waals surface area contributed by atoms with Gasteiger partial charge < -0.3 is 4.57 Å². The third-order valence-electron chi connectivity index (χ3n) is 3.69. The van der Waals surface area contributed by atoms with Gasteiger partial charge in [0.15, 0.2) is 0 Å². The molecule has 1 atom stereocenters. The number of pyridine rings is 1. The van der Waals surface area contributed by atoms with Crippen LogP contribution in [0.3, 0.4) is 0 Å². The summed E-state index contributed by atoms with van der Waals surface area (Å²) in [4.78, 5) is 46.0. The minimum Gasteiger partial charge on any atom is -0.302 e. The van der Waals surface area contributed by atoms with E-state index in [2.05, 4.69) is 5.32 Å². The van der Waals surface area contributed by atoms with Gasteiger partial charge in [0.05, 0.1) is 15.7 Å². The zero-order valence-electron chi connectivity index (χ0n) is 11.3. The maximum Gasteiger partial charge on any atom is 0.277 e. The van der Waals surface area contributed by atoms with Crippen molar-refractivity contribution in [3.8, 4) is 0 Å². The quantitative estimate of drug-likeness (QED) is 0.503. The number of imide groups is 1. The van der Waals surface area contributed by atoms with Crippen LogP contribution in [0.25, 0.3) is 10.8 Å². The minimum atomic E-state index is -0.783. The molecule has 1 aromatic carbocycles. The van der Waals surface area contributed by atoms with E-state index in [-0.39, 0.29) is 35.2 Å². The number of aromatic nitrogens is 1. The van der Waals surface area contributed by atoms with Crippen LogP contribution in [-0.4, -0.2) is 21.3 Å². The molecule has 1 aliphatic rings. The first-order chi connectivity index (χ1) is 10.5. The first kappa shape index (κ1) is 13.9. The highest BCUT2D eigenvalue weighted by molar-refractivity contribution is 5.99. The summed E-state index contributed by atoms with van der Waals surface area (Å²) >= 11 is 0. The second-order valence-corrected chi connectivity index (χ2v) is 4.99. The molecule has 0 radical (unpaired) electrons. The van der Waals surface area contributed by atoms with Crippen LogP contribution in [0.2, 0.25) is 0 Å². The highest BCUT2D eigenvalue weighted by Gasteiger charge is 2.29. The molecule has 8 heteroatoms. The van der Waals surface area contributed by atoms with Crippen molar-refractivity contribution in [2.75, 3.05) is 0 Å². The van der Waals surface area contributed by atoms with Crippen molar-refractivity contribution in [3.05, 3.63) is 50.9 Å². The van der Waals surface area contributed by atoms with E-state index in [9.17, 15) is 24.5 Å². The van der Waals surface area contributed by atoms with E-state index in [1.807, 2.05) is 0 Å². The molecule has 0 saturated carbocycles. The number of fused-ring (bicyclic) bond motifs is 1. The summed E-state index contributed by atoms with van der Waals surface area (Å²) in [7, 11) is 0. The van der Waals surface area contributed by atoms with Crippen molar-refractivity contribution in [1.29, 1.82) is 0 Å². The van der Waals surface area contributed by atoms with Crippen LogP contribution in [0.1, 0.15) is 18.9 Å². The fraction of sp³-hybridized carbons (Fsp3) is 0.214. The van der Waals surface area contributed by atoms with Gasteiger partial charge in [0.1, 0.15) is 6.04 Å². The van der Waals surface area contributed by atoms with E-state index in [0.29, 0.717) is 0 Å². The van der Waals surface area contributed by atoms with E-state index in [4.69, 9.17) is 0 Å². The number of nitro groups is 1. The number of nitrogens with zero attached hydrogens (tertiary/aromatic N) is 2. The van der Waals surface area contributed by atoms with Gasteiger partial charge >= 0.3 is 0 Å². The molecule has 8 nitrogen and oxygen atoms in total. The van der Waals surface area contributed by atoms with Gasteiger partial charge in [-0.25, -0.2) is 0 Å². The van der Waals surface area contributed by atoms with Gasteiger partial charge in [0, 0.05) is 18.7 Å². The lowest BCUT2D eigenvalue weighted by molar-refractivity contribution is -0.383. The Kier molecular flexibility index (Phi) is 3.21. The largest absolute Gasteiger partial charge is 0.302 e. The van der Waals surface area contributed by atoms with Gasteiger partial charge in [0.25, 0.3) is 11.2 Å². The zero-order valence-corrected chi connectivity index (χ0v) is 11.3. The minimum absolute atomic E-state index is 0.149. The summed E-state index contributed by atoms with van der Waals surface area (Å²) < 4.78 is 1.22. The molecule has 2 heterocycles. The van der Waals surface area contributed by atoms with Crippen LogP contribution < -0.4 is 10.9 Å². The van der Waals surface area contributed by atoms with E-state index in [1.165, 1.54) is 35.0 Å². The van der Waals surface area contributed by atoms with E-state index >= 15 is 0 Å². The first-order valence-electron chi connectivity index (χ1n) is 6.61. The Labute approximate surface area is 123 Å². The Balaban J connectivity index is 2.16. The molecule has 22 heavy (non-hydrogen) atoms. The van der Waals surface area contributed by atoms with Crippen LogP contribution >= 0.6 is 0 Å². The molecule has 0 aliphatic carbocycles. The molecule has 1 fully saturated rings. The fourth-order valence-electron chi connectivity index (χ4n) is 2.63. The molecule has 1 N–H and O–H groups in total. The predicted octanol–water partition coefficient (Wildman–Crippen LogP) is 0.887. The van der Waals surface area contributed by atoms with Crippen molar-refractivity contribution in [3.63, 3.8) is 0 Å². The molecule has 2 amide bonds.